The van der Waals surface area contributed by atoms with E-state index in [2.05, 4.69) is 20.3 Å². The molecule has 0 atom stereocenters. The van der Waals surface area contributed by atoms with Gasteiger partial charge in [0.1, 0.15) is 5.82 Å². The predicted molar refractivity (Wildman–Crippen MR) is 121 cm³/mol. The monoisotopic (exact) mass is 432 g/mol. The zero-order valence-electron chi connectivity index (χ0n) is 18.4. The fourth-order valence-electron chi connectivity index (χ4n) is 4.04. The highest BCUT2D eigenvalue weighted by Gasteiger charge is 2.27. The van der Waals surface area contributed by atoms with E-state index in [0.717, 1.165) is 65.4 Å². The van der Waals surface area contributed by atoms with E-state index in [9.17, 15) is 4.39 Å². The minimum Gasteiger partial charge on any atom is -0.321 e. The molecule has 0 fully saturated rings. The van der Waals surface area contributed by atoms with Crippen LogP contribution in [0.5, 0.6) is 0 Å². The Labute approximate surface area is 185 Å². The number of rotatable bonds is 6. The van der Waals surface area contributed by atoms with Crippen molar-refractivity contribution in [3.8, 4) is 22.5 Å². The molecule has 0 radical (unpaired) electrons. The number of likely N-dealkylation sites (N-methyl/N-ethyl adjacent to an activating group) is 1. The number of hydrogen-bond donors (Lipinski definition) is 1. The normalized spacial score (nSPS) is 12.7. The first kappa shape index (κ1) is 20.3. The molecule has 5 rings (SSSR count). The predicted octanol–water partition coefficient (Wildman–Crippen LogP) is 3.28. The van der Waals surface area contributed by atoms with Gasteiger partial charge < -0.3 is 10.2 Å². The van der Waals surface area contributed by atoms with Crippen LogP contribution in [0.25, 0.3) is 22.5 Å². The van der Waals surface area contributed by atoms with E-state index in [-0.39, 0.29) is 5.82 Å². The average molecular weight is 433 g/mol. The first-order chi connectivity index (χ1) is 15.5. The Morgan fingerprint density at radius 1 is 1.12 bits per heavy atom. The molecule has 1 N–H and O–H groups in total. The lowest BCUT2D eigenvalue weighted by Gasteiger charge is -2.16. The summed E-state index contributed by atoms with van der Waals surface area (Å²) in [5, 5.41) is 12.4. The first-order valence-corrected chi connectivity index (χ1v) is 10.6. The smallest absolute Gasteiger partial charge is 0.227 e. The largest absolute Gasteiger partial charge is 0.321 e. The summed E-state index contributed by atoms with van der Waals surface area (Å²) < 4.78 is 17.2. The number of fused-ring (bicyclic) bond motifs is 3. The van der Waals surface area contributed by atoms with Gasteiger partial charge in [-0.1, -0.05) is 0 Å². The van der Waals surface area contributed by atoms with Crippen LogP contribution < -0.4 is 5.32 Å². The third-order valence-electron chi connectivity index (χ3n) is 5.64. The third-order valence-corrected chi connectivity index (χ3v) is 5.64. The van der Waals surface area contributed by atoms with Gasteiger partial charge in [0.2, 0.25) is 5.95 Å². The van der Waals surface area contributed by atoms with Gasteiger partial charge in [0.15, 0.2) is 0 Å². The highest BCUT2D eigenvalue weighted by molar-refractivity contribution is 5.84. The Morgan fingerprint density at radius 3 is 2.72 bits per heavy atom. The molecule has 1 aliphatic rings. The van der Waals surface area contributed by atoms with Crippen molar-refractivity contribution in [2.75, 3.05) is 26.0 Å². The molecule has 4 aromatic rings. The van der Waals surface area contributed by atoms with E-state index in [1.54, 1.807) is 18.3 Å². The van der Waals surface area contributed by atoms with E-state index in [1.807, 2.05) is 42.9 Å². The van der Waals surface area contributed by atoms with Crippen molar-refractivity contribution in [2.24, 2.45) is 7.05 Å². The first-order valence-electron chi connectivity index (χ1n) is 10.6. The van der Waals surface area contributed by atoms with Gasteiger partial charge >= 0.3 is 0 Å². The highest BCUT2D eigenvalue weighted by Crippen LogP contribution is 2.39. The summed E-state index contributed by atoms with van der Waals surface area (Å²) in [7, 11) is 5.99. The zero-order chi connectivity index (χ0) is 22.2. The van der Waals surface area contributed by atoms with Gasteiger partial charge in [0.05, 0.1) is 35.5 Å². The molecule has 0 saturated heterocycles. The second kappa shape index (κ2) is 8.16. The molecule has 32 heavy (non-hydrogen) atoms. The van der Waals surface area contributed by atoms with Crippen LogP contribution in [-0.2, 0) is 26.4 Å². The fourth-order valence-corrected chi connectivity index (χ4v) is 4.04. The summed E-state index contributed by atoms with van der Waals surface area (Å²) >= 11 is 0. The molecule has 3 heterocycles. The molecule has 1 aromatic carbocycles. The highest BCUT2D eigenvalue weighted by atomic mass is 19.1. The van der Waals surface area contributed by atoms with Crippen LogP contribution in [0.15, 0.2) is 42.9 Å². The second-order valence-corrected chi connectivity index (χ2v) is 8.29. The molecule has 0 spiro atoms. The lowest BCUT2D eigenvalue weighted by Crippen LogP contribution is -2.18. The van der Waals surface area contributed by atoms with E-state index < -0.39 is 0 Å². The summed E-state index contributed by atoms with van der Waals surface area (Å²) in [4.78, 5) is 11.5. The van der Waals surface area contributed by atoms with Gasteiger partial charge in [0.25, 0.3) is 0 Å². The Hall–Kier alpha value is -3.59. The van der Waals surface area contributed by atoms with E-state index in [1.165, 1.54) is 12.1 Å². The minimum atomic E-state index is -0.259. The number of benzene rings is 1. The van der Waals surface area contributed by atoms with Crippen molar-refractivity contribution in [2.45, 2.75) is 19.4 Å². The lowest BCUT2D eigenvalue weighted by atomic mass is 9.91. The van der Waals surface area contributed by atoms with Crippen molar-refractivity contribution in [3.05, 3.63) is 59.9 Å². The van der Waals surface area contributed by atoms with E-state index in [0.29, 0.717) is 5.95 Å². The van der Waals surface area contributed by atoms with Crippen LogP contribution in [0.2, 0.25) is 0 Å². The summed E-state index contributed by atoms with van der Waals surface area (Å²) in [6.45, 7) is 1.71. The number of nitrogens with one attached hydrogen (secondary N) is 1. The Balaban J connectivity index is 1.48. The summed E-state index contributed by atoms with van der Waals surface area (Å²) in [5.41, 5.74) is 6.63. The van der Waals surface area contributed by atoms with Gasteiger partial charge in [-0.15, -0.1) is 0 Å². The molecular weight excluding hydrogens is 407 g/mol. The maximum absolute atomic E-state index is 13.5. The van der Waals surface area contributed by atoms with Gasteiger partial charge in [0, 0.05) is 37.1 Å². The molecule has 0 saturated carbocycles. The van der Waals surface area contributed by atoms with Gasteiger partial charge in [-0.2, -0.15) is 10.2 Å². The summed E-state index contributed by atoms with van der Waals surface area (Å²) in [6, 6.07) is 6.51. The number of halogens is 1. The topological polar surface area (TPSA) is 76.7 Å². The SMILES string of the molecule is CN(C)CCn1cc(Nc2ncc3c(n2)-c2c(nn(C)c2-c2ccc(F)cc2)CC3)cn1. The Kier molecular flexibility index (Phi) is 5.18. The molecule has 0 bridgehead atoms. The molecule has 0 unspecified atom stereocenters. The van der Waals surface area contributed by atoms with E-state index >= 15 is 0 Å². The summed E-state index contributed by atoms with van der Waals surface area (Å²) in [6.07, 6.45) is 7.27. The maximum atomic E-state index is 13.5. The van der Waals surface area contributed by atoms with Crippen molar-refractivity contribution < 1.29 is 4.39 Å². The maximum Gasteiger partial charge on any atom is 0.227 e. The molecule has 0 amide bonds. The molecular formula is C23H25FN8. The zero-order valence-corrected chi connectivity index (χ0v) is 18.4. The molecule has 1 aliphatic carbocycles. The van der Waals surface area contributed by atoms with Crippen LogP contribution in [-0.4, -0.2) is 55.1 Å². The van der Waals surface area contributed by atoms with Gasteiger partial charge in [-0.3, -0.25) is 9.36 Å². The fraction of sp³-hybridized carbons (Fsp3) is 0.304. The lowest BCUT2D eigenvalue weighted by molar-refractivity contribution is 0.373. The molecule has 3 aromatic heterocycles. The molecule has 0 aliphatic heterocycles. The average Bonchev–Trinajstić information content (AvgIpc) is 3.36. The minimum absolute atomic E-state index is 0.259. The second-order valence-electron chi connectivity index (χ2n) is 8.29. The van der Waals surface area contributed by atoms with Crippen LogP contribution in [0, 0.1) is 5.82 Å². The number of aromatic nitrogens is 6. The molecule has 164 valence electrons. The van der Waals surface area contributed by atoms with E-state index in [4.69, 9.17) is 10.1 Å². The van der Waals surface area contributed by atoms with Crippen LogP contribution >= 0.6 is 0 Å². The van der Waals surface area contributed by atoms with Gasteiger partial charge in [-0.05, 0) is 56.8 Å². The van der Waals surface area contributed by atoms with Crippen LogP contribution in [0.1, 0.15) is 11.3 Å². The Morgan fingerprint density at radius 2 is 1.94 bits per heavy atom. The summed E-state index contributed by atoms with van der Waals surface area (Å²) in [5.74, 6) is 0.253. The van der Waals surface area contributed by atoms with Crippen molar-refractivity contribution in [1.82, 2.24) is 34.4 Å². The van der Waals surface area contributed by atoms with Crippen molar-refractivity contribution >= 4 is 11.6 Å². The van der Waals surface area contributed by atoms with Crippen LogP contribution in [0.4, 0.5) is 16.0 Å². The quantitative estimate of drug-likeness (QED) is 0.504. The number of anilines is 2. The van der Waals surface area contributed by atoms with Gasteiger partial charge in [-0.25, -0.2) is 14.4 Å². The van der Waals surface area contributed by atoms with Crippen molar-refractivity contribution in [1.29, 1.82) is 0 Å². The number of hydrogen-bond acceptors (Lipinski definition) is 6. The van der Waals surface area contributed by atoms with Crippen LogP contribution in [0.3, 0.4) is 0 Å². The third kappa shape index (κ3) is 3.87. The standard InChI is InChI=1S/C23H25FN8/c1-30(2)10-11-32-14-18(13-26-32)27-23-25-12-16-6-9-19-20(21(16)28-23)22(31(3)29-19)15-4-7-17(24)8-5-15/h4-5,7-8,12-14H,6,9-11H2,1-3H3,(H,25,27,28). The number of nitrogens with zero attached hydrogens (tertiary/aromatic N) is 7. The van der Waals surface area contributed by atoms with Crippen molar-refractivity contribution in [3.63, 3.8) is 0 Å². The molecule has 8 nitrogen and oxygen atoms in total. The Bertz CT molecular complexity index is 1260. The number of aryl methyl sites for hydroxylation is 3. The molecule has 9 heteroatoms.